The smallest absolute Gasteiger partial charge is 0.257 e. The Morgan fingerprint density at radius 3 is 2.41 bits per heavy atom. The summed E-state index contributed by atoms with van der Waals surface area (Å²) in [6.45, 7) is 4.30. The highest BCUT2D eigenvalue weighted by molar-refractivity contribution is 7.98. The minimum Gasteiger partial charge on any atom is -0.490 e. The Hall–Kier alpha value is -4.26. The molecule has 0 bridgehead atoms. The fourth-order valence-corrected chi connectivity index (χ4v) is 3.84. The summed E-state index contributed by atoms with van der Waals surface area (Å²) in [6, 6.07) is 15.8. The van der Waals surface area contributed by atoms with E-state index >= 15 is 0 Å². The van der Waals surface area contributed by atoms with E-state index in [1.165, 1.54) is 0 Å². The van der Waals surface area contributed by atoms with E-state index in [1.807, 2.05) is 32.0 Å². The molecule has 0 unspecified atom stereocenters. The molecule has 0 saturated heterocycles. The lowest BCUT2D eigenvalue weighted by Gasteiger charge is -2.19. The number of ether oxygens (including phenoxy) is 2. The molecule has 0 fully saturated rings. The summed E-state index contributed by atoms with van der Waals surface area (Å²) in [5, 5.41) is 26.3. The molecular weight excluding hydrogens is 520 g/mol. The molecule has 0 saturated carbocycles. The zero-order valence-corrected chi connectivity index (χ0v) is 22.9. The molecule has 3 rings (SSSR count). The van der Waals surface area contributed by atoms with Crippen LogP contribution in [0.2, 0.25) is 0 Å². The molecule has 0 aromatic heterocycles. The van der Waals surface area contributed by atoms with Crippen molar-refractivity contribution in [2.75, 3.05) is 35.7 Å². The number of aliphatic hydroxyl groups is 1. The van der Waals surface area contributed by atoms with Gasteiger partial charge in [-0.15, -0.1) is 0 Å². The molecule has 1 amide bonds. The molecule has 0 radical (unpaired) electrons. The van der Waals surface area contributed by atoms with E-state index in [0.717, 1.165) is 24.8 Å². The maximum atomic E-state index is 13.2. The van der Waals surface area contributed by atoms with Crippen molar-refractivity contribution in [2.45, 2.75) is 20.4 Å². The molecule has 0 aliphatic rings. The summed E-state index contributed by atoms with van der Waals surface area (Å²) in [4.78, 5) is 24.2. The number of nitrogen functional groups attached to an aromatic ring is 1. The number of benzene rings is 3. The van der Waals surface area contributed by atoms with Crippen molar-refractivity contribution in [1.82, 2.24) is 0 Å². The van der Waals surface area contributed by atoms with Crippen LogP contribution in [0.1, 0.15) is 34.0 Å². The van der Waals surface area contributed by atoms with Gasteiger partial charge in [0.15, 0.2) is 17.8 Å². The molecule has 0 atom stereocenters. The first-order valence-electron chi connectivity index (χ1n) is 11.9. The summed E-state index contributed by atoms with van der Waals surface area (Å²) >= 11 is 0.945. The van der Waals surface area contributed by atoms with Gasteiger partial charge < -0.3 is 35.7 Å². The van der Waals surface area contributed by atoms with Crippen LogP contribution in [-0.4, -0.2) is 43.5 Å². The zero-order chi connectivity index (χ0) is 28.8. The summed E-state index contributed by atoms with van der Waals surface area (Å²) in [5.41, 5.74) is 10.0. The fourth-order valence-electron chi connectivity index (χ4n) is 3.58. The maximum absolute atomic E-state index is 13.2. The average Bonchev–Trinajstić information content (AvgIpc) is 2.93. The average molecular weight is 555 g/mol. The molecule has 208 valence electrons. The molecule has 12 heteroatoms. The second-order valence-corrected chi connectivity index (χ2v) is 8.38. The van der Waals surface area contributed by atoms with E-state index < -0.39 is 0 Å². The highest BCUT2D eigenvalue weighted by Crippen LogP contribution is 2.36. The van der Waals surface area contributed by atoms with Crippen LogP contribution in [0, 0.1) is 12.3 Å². The Balaban J connectivity index is 0.00000260. The monoisotopic (exact) mass is 554 g/mol. The minimum atomic E-state index is -0.302. The Morgan fingerprint density at radius 1 is 1.08 bits per heavy atom. The largest absolute Gasteiger partial charge is 0.490 e. The van der Waals surface area contributed by atoms with Gasteiger partial charge in [-0.25, -0.2) is 0 Å². The fraction of sp³-hybridized carbons (Fsp3) is 0.222. The van der Waals surface area contributed by atoms with Gasteiger partial charge in [-0.1, -0.05) is 11.6 Å². The van der Waals surface area contributed by atoms with Crippen LogP contribution >= 0.6 is 12.1 Å². The SMILES string of the molecule is CCOc1cc(NSN)cc(CNc2ccc(C)cc2C(=O)Nc2ccc(C(=N)N)cc2)c1OCC=O.CO. The predicted molar refractivity (Wildman–Crippen MR) is 157 cm³/mol. The van der Waals surface area contributed by atoms with E-state index in [4.69, 9.17) is 30.9 Å². The van der Waals surface area contributed by atoms with E-state index in [9.17, 15) is 9.59 Å². The van der Waals surface area contributed by atoms with Gasteiger partial charge in [0.1, 0.15) is 12.4 Å². The van der Waals surface area contributed by atoms with Crippen molar-refractivity contribution in [3.05, 3.63) is 76.9 Å². The highest BCUT2D eigenvalue weighted by atomic mass is 32.2. The third kappa shape index (κ3) is 8.92. The number of nitrogens with one attached hydrogen (secondary N) is 4. The number of amidine groups is 1. The predicted octanol–water partition coefficient (Wildman–Crippen LogP) is 3.66. The molecule has 39 heavy (non-hydrogen) atoms. The summed E-state index contributed by atoms with van der Waals surface area (Å²) in [6.07, 6.45) is 0.667. The molecule has 0 spiro atoms. The number of hydrogen-bond donors (Lipinski definition) is 7. The topological polar surface area (TPSA) is 185 Å². The first-order valence-corrected chi connectivity index (χ1v) is 12.8. The van der Waals surface area contributed by atoms with Gasteiger partial charge in [-0.2, -0.15) is 0 Å². The number of carbonyl (C=O) groups is 2. The molecule has 11 nitrogen and oxygen atoms in total. The van der Waals surface area contributed by atoms with Crippen molar-refractivity contribution in [1.29, 1.82) is 5.41 Å². The number of rotatable bonds is 13. The van der Waals surface area contributed by atoms with E-state index in [-0.39, 0.29) is 24.9 Å². The van der Waals surface area contributed by atoms with Crippen molar-refractivity contribution in [3.8, 4) is 11.5 Å². The van der Waals surface area contributed by atoms with Gasteiger partial charge in [0.2, 0.25) is 0 Å². The second-order valence-electron chi connectivity index (χ2n) is 7.94. The Bertz CT molecular complexity index is 1270. The van der Waals surface area contributed by atoms with Gasteiger partial charge in [0.05, 0.1) is 12.2 Å². The third-order valence-corrected chi connectivity index (χ3v) is 5.60. The number of carbonyl (C=O) groups excluding carboxylic acids is 2. The number of aliphatic hydroxyl groups excluding tert-OH is 1. The second kappa shape index (κ2) is 15.9. The Kier molecular flexibility index (Phi) is 12.6. The number of amides is 1. The van der Waals surface area contributed by atoms with Gasteiger partial charge in [0, 0.05) is 60.0 Å². The van der Waals surface area contributed by atoms with Crippen LogP contribution in [0.4, 0.5) is 17.1 Å². The first-order chi connectivity index (χ1) is 18.9. The highest BCUT2D eigenvalue weighted by Gasteiger charge is 2.17. The summed E-state index contributed by atoms with van der Waals surface area (Å²) in [5.74, 6) is 0.550. The molecular formula is C27H34N6O5S. The van der Waals surface area contributed by atoms with Gasteiger partial charge in [-0.3, -0.25) is 20.1 Å². The number of nitrogens with two attached hydrogens (primary N) is 2. The van der Waals surface area contributed by atoms with Crippen LogP contribution in [0.25, 0.3) is 0 Å². The third-order valence-electron chi connectivity index (χ3n) is 5.25. The molecule has 3 aromatic rings. The van der Waals surface area contributed by atoms with Gasteiger partial charge in [-0.05, 0) is 56.3 Å². The number of aryl methyl sites for hydroxylation is 1. The van der Waals surface area contributed by atoms with E-state index in [2.05, 4.69) is 15.4 Å². The van der Waals surface area contributed by atoms with Crippen molar-refractivity contribution >= 4 is 47.2 Å². The van der Waals surface area contributed by atoms with Crippen LogP contribution < -0.4 is 35.7 Å². The maximum Gasteiger partial charge on any atom is 0.257 e. The molecule has 0 aliphatic carbocycles. The van der Waals surface area contributed by atoms with Crippen LogP contribution in [-0.2, 0) is 11.3 Å². The molecule has 0 heterocycles. The van der Waals surface area contributed by atoms with E-state index in [1.54, 1.807) is 36.4 Å². The number of hydrogen-bond acceptors (Lipinski definition) is 10. The number of aldehydes is 1. The Morgan fingerprint density at radius 2 is 1.79 bits per heavy atom. The molecule has 9 N–H and O–H groups in total. The van der Waals surface area contributed by atoms with Crippen LogP contribution in [0.5, 0.6) is 11.5 Å². The lowest BCUT2D eigenvalue weighted by atomic mass is 10.1. The van der Waals surface area contributed by atoms with Crippen LogP contribution in [0.3, 0.4) is 0 Å². The van der Waals surface area contributed by atoms with Crippen molar-refractivity contribution in [3.63, 3.8) is 0 Å². The molecule has 3 aromatic carbocycles. The zero-order valence-electron chi connectivity index (χ0n) is 22.0. The normalized spacial score (nSPS) is 9.97. The Labute approximate surface area is 232 Å². The van der Waals surface area contributed by atoms with Gasteiger partial charge >= 0.3 is 0 Å². The summed E-state index contributed by atoms with van der Waals surface area (Å²) in [7, 11) is 1.00. The lowest BCUT2D eigenvalue weighted by molar-refractivity contribution is -0.109. The lowest BCUT2D eigenvalue weighted by Crippen LogP contribution is -2.16. The quantitative estimate of drug-likeness (QED) is 0.0712. The van der Waals surface area contributed by atoms with E-state index in [0.29, 0.717) is 58.1 Å². The number of anilines is 3. The summed E-state index contributed by atoms with van der Waals surface area (Å²) < 4.78 is 14.4. The standard InChI is InChI=1S/C26H30N6O4S.CH4O/c1-3-35-23-14-20(32-37-29)13-18(24(23)36-11-10-33)15-30-22-9-4-16(2)12-21(22)26(34)31-19-7-5-17(6-8-19)25(27)28;1-2/h4-10,12-14,30,32H,3,11,15,29H2,1-2H3,(H3,27,28)(H,31,34);2H,1H3. The van der Waals surface area contributed by atoms with Crippen molar-refractivity contribution < 1.29 is 24.2 Å². The van der Waals surface area contributed by atoms with Gasteiger partial charge in [0.25, 0.3) is 5.91 Å². The van der Waals surface area contributed by atoms with Crippen LogP contribution in [0.15, 0.2) is 54.6 Å². The van der Waals surface area contributed by atoms with Crippen molar-refractivity contribution in [2.24, 2.45) is 10.9 Å². The minimum absolute atomic E-state index is 0.0450. The first kappa shape index (κ1) is 31.0. The molecule has 0 aliphatic heterocycles.